The molecule has 0 heterocycles. The lowest BCUT2D eigenvalue weighted by molar-refractivity contribution is -0.118. The predicted molar refractivity (Wildman–Crippen MR) is 82.3 cm³/mol. The number of rotatable bonds is 7. The zero-order valence-corrected chi connectivity index (χ0v) is 12.4. The van der Waals surface area contributed by atoms with Crippen molar-refractivity contribution < 1.29 is 23.4 Å². The number of hydrogen-bond donors (Lipinski definition) is 2. The number of aliphatic hydroxyl groups is 1. The molecule has 2 rings (SSSR count). The highest BCUT2D eigenvalue weighted by atomic mass is 19.1. The van der Waals surface area contributed by atoms with E-state index in [1.165, 1.54) is 0 Å². The van der Waals surface area contributed by atoms with Gasteiger partial charge < -0.3 is 15.2 Å². The van der Waals surface area contributed by atoms with Crippen LogP contribution in [0.15, 0.2) is 42.5 Å². The third kappa shape index (κ3) is 5.34. The minimum absolute atomic E-state index is 0.105. The Morgan fingerprint density at radius 2 is 2.00 bits per heavy atom. The lowest BCUT2D eigenvalue weighted by atomic mass is 10.1. The van der Waals surface area contributed by atoms with Crippen molar-refractivity contribution >= 4 is 11.6 Å². The van der Waals surface area contributed by atoms with E-state index < -0.39 is 17.5 Å². The third-order valence-corrected chi connectivity index (χ3v) is 3.09. The summed E-state index contributed by atoms with van der Waals surface area (Å²) in [5.74, 6) is -2.20. The second-order valence-corrected chi connectivity index (χ2v) is 4.94. The standard InChI is InChI=1S/C17H17F2NO3/c18-13-6-7-16(15(19)10-13)23-11-17(22)20-14-5-1-3-12(9-14)4-2-8-21/h1,3,5-7,9-10,21H,2,4,8,11H2,(H,20,22). The molecule has 0 saturated heterocycles. The first-order valence-corrected chi connectivity index (χ1v) is 7.16. The van der Waals surface area contributed by atoms with Gasteiger partial charge in [-0.1, -0.05) is 12.1 Å². The second kappa shape index (κ2) is 8.24. The molecule has 0 saturated carbocycles. The summed E-state index contributed by atoms with van der Waals surface area (Å²) in [6.45, 7) is -0.281. The van der Waals surface area contributed by atoms with Gasteiger partial charge in [0.25, 0.3) is 5.91 Å². The summed E-state index contributed by atoms with van der Waals surface area (Å²) in [4.78, 5) is 11.8. The molecule has 2 aromatic rings. The van der Waals surface area contributed by atoms with E-state index in [9.17, 15) is 13.6 Å². The Labute approximate surface area is 132 Å². The summed E-state index contributed by atoms with van der Waals surface area (Å²) >= 11 is 0. The molecule has 0 unspecified atom stereocenters. The van der Waals surface area contributed by atoms with Crippen LogP contribution in [0.1, 0.15) is 12.0 Å². The predicted octanol–water partition coefficient (Wildman–Crippen LogP) is 2.91. The van der Waals surface area contributed by atoms with E-state index in [1.54, 1.807) is 18.2 Å². The first-order chi connectivity index (χ1) is 11.1. The van der Waals surface area contributed by atoms with Crippen LogP contribution >= 0.6 is 0 Å². The Kier molecular flexibility index (Phi) is 6.05. The van der Waals surface area contributed by atoms with Gasteiger partial charge in [-0.15, -0.1) is 0 Å². The number of benzene rings is 2. The van der Waals surface area contributed by atoms with Crippen molar-refractivity contribution in [3.05, 3.63) is 59.7 Å². The number of hydrogen-bond acceptors (Lipinski definition) is 3. The van der Waals surface area contributed by atoms with E-state index in [-0.39, 0.29) is 19.0 Å². The lowest BCUT2D eigenvalue weighted by Gasteiger charge is -2.09. The van der Waals surface area contributed by atoms with Gasteiger partial charge in [-0.2, -0.15) is 0 Å². The lowest BCUT2D eigenvalue weighted by Crippen LogP contribution is -2.20. The molecule has 122 valence electrons. The Bertz CT molecular complexity index is 677. The summed E-state index contributed by atoms with van der Waals surface area (Å²) in [6, 6.07) is 10.1. The maximum Gasteiger partial charge on any atom is 0.262 e. The minimum atomic E-state index is -0.858. The summed E-state index contributed by atoms with van der Waals surface area (Å²) < 4.78 is 31.2. The van der Waals surface area contributed by atoms with E-state index in [2.05, 4.69) is 5.32 Å². The molecule has 0 aromatic heterocycles. The molecule has 6 heteroatoms. The fourth-order valence-electron chi connectivity index (χ4n) is 2.02. The van der Waals surface area contributed by atoms with Crippen LogP contribution in [0.5, 0.6) is 5.75 Å². The zero-order valence-electron chi connectivity index (χ0n) is 12.4. The van der Waals surface area contributed by atoms with Crippen LogP contribution in [0.2, 0.25) is 0 Å². The molecule has 2 aromatic carbocycles. The molecule has 0 aliphatic carbocycles. The quantitative estimate of drug-likeness (QED) is 0.824. The van der Waals surface area contributed by atoms with Gasteiger partial charge in [-0.3, -0.25) is 4.79 Å². The van der Waals surface area contributed by atoms with Crippen molar-refractivity contribution in [2.45, 2.75) is 12.8 Å². The van der Waals surface area contributed by atoms with Gasteiger partial charge in [0.15, 0.2) is 18.2 Å². The highest BCUT2D eigenvalue weighted by Crippen LogP contribution is 2.18. The van der Waals surface area contributed by atoms with Crippen molar-refractivity contribution in [1.82, 2.24) is 0 Å². The average Bonchev–Trinajstić information content (AvgIpc) is 2.52. The van der Waals surface area contributed by atoms with Crippen LogP contribution < -0.4 is 10.1 Å². The molecule has 0 fully saturated rings. The van der Waals surface area contributed by atoms with E-state index >= 15 is 0 Å². The zero-order chi connectivity index (χ0) is 16.7. The molecule has 0 bridgehead atoms. The second-order valence-electron chi connectivity index (χ2n) is 4.94. The van der Waals surface area contributed by atoms with Crippen molar-refractivity contribution in [2.75, 3.05) is 18.5 Å². The van der Waals surface area contributed by atoms with E-state index in [4.69, 9.17) is 9.84 Å². The van der Waals surface area contributed by atoms with Gasteiger partial charge in [0.1, 0.15) is 5.82 Å². The first kappa shape index (κ1) is 16.9. The molecule has 0 aliphatic heterocycles. The van der Waals surface area contributed by atoms with Gasteiger partial charge in [0.2, 0.25) is 0 Å². The molecule has 0 radical (unpaired) electrons. The van der Waals surface area contributed by atoms with Crippen LogP contribution in [-0.4, -0.2) is 24.2 Å². The Hall–Kier alpha value is -2.47. The van der Waals surface area contributed by atoms with Crippen molar-refractivity contribution in [3.63, 3.8) is 0 Å². The largest absolute Gasteiger partial charge is 0.481 e. The minimum Gasteiger partial charge on any atom is -0.481 e. The summed E-state index contributed by atoms with van der Waals surface area (Å²) in [5.41, 5.74) is 1.58. The van der Waals surface area contributed by atoms with E-state index in [0.717, 1.165) is 17.7 Å². The molecular weight excluding hydrogens is 304 g/mol. The van der Waals surface area contributed by atoms with Crippen LogP contribution in [0.4, 0.5) is 14.5 Å². The highest BCUT2D eigenvalue weighted by Gasteiger charge is 2.08. The SMILES string of the molecule is O=C(COc1ccc(F)cc1F)Nc1cccc(CCCO)c1. The molecular formula is C17H17F2NO3. The third-order valence-electron chi connectivity index (χ3n) is 3.09. The van der Waals surface area contributed by atoms with Crippen LogP contribution in [-0.2, 0) is 11.2 Å². The number of carbonyl (C=O) groups is 1. The Morgan fingerprint density at radius 3 is 2.74 bits per heavy atom. The summed E-state index contributed by atoms with van der Waals surface area (Å²) in [7, 11) is 0. The molecule has 0 spiro atoms. The normalized spacial score (nSPS) is 10.4. The fraction of sp³-hybridized carbons (Fsp3) is 0.235. The summed E-state index contributed by atoms with van der Waals surface area (Å²) in [5, 5.41) is 11.5. The molecule has 23 heavy (non-hydrogen) atoms. The van der Waals surface area contributed by atoms with Crippen molar-refractivity contribution in [1.29, 1.82) is 0 Å². The highest BCUT2D eigenvalue weighted by molar-refractivity contribution is 5.91. The Morgan fingerprint density at radius 1 is 1.17 bits per heavy atom. The van der Waals surface area contributed by atoms with Gasteiger partial charge in [0, 0.05) is 18.4 Å². The number of ether oxygens (including phenoxy) is 1. The maximum atomic E-state index is 13.4. The van der Waals surface area contributed by atoms with Gasteiger partial charge in [-0.25, -0.2) is 8.78 Å². The number of aliphatic hydroxyl groups excluding tert-OH is 1. The van der Waals surface area contributed by atoms with Crippen molar-refractivity contribution in [3.8, 4) is 5.75 Å². The van der Waals surface area contributed by atoms with Crippen LogP contribution in [0.25, 0.3) is 0 Å². The number of nitrogens with one attached hydrogen (secondary N) is 1. The molecule has 0 aliphatic rings. The first-order valence-electron chi connectivity index (χ1n) is 7.16. The number of amides is 1. The fourth-order valence-corrected chi connectivity index (χ4v) is 2.02. The van der Waals surface area contributed by atoms with Crippen molar-refractivity contribution in [2.24, 2.45) is 0 Å². The number of halogens is 2. The average molecular weight is 321 g/mol. The summed E-state index contributed by atoms with van der Waals surface area (Å²) in [6.07, 6.45) is 1.35. The molecule has 0 atom stereocenters. The topological polar surface area (TPSA) is 58.6 Å². The molecule has 2 N–H and O–H groups in total. The Balaban J connectivity index is 1.89. The maximum absolute atomic E-state index is 13.4. The van der Waals surface area contributed by atoms with Crippen LogP contribution in [0.3, 0.4) is 0 Å². The van der Waals surface area contributed by atoms with Crippen LogP contribution in [0, 0.1) is 11.6 Å². The van der Waals surface area contributed by atoms with Gasteiger partial charge in [-0.05, 0) is 42.7 Å². The molecule has 1 amide bonds. The smallest absolute Gasteiger partial charge is 0.262 e. The van der Waals surface area contributed by atoms with E-state index in [0.29, 0.717) is 24.6 Å². The van der Waals surface area contributed by atoms with Gasteiger partial charge >= 0.3 is 0 Å². The van der Waals surface area contributed by atoms with E-state index in [1.807, 2.05) is 6.07 Å². The molecule has 4 nitrogen and oxygen atoms in total. The number of carbonyl (C=O) groups excluding carboxylic acids is 1. The van der Waals surface area contributed by atoms with Gasteiger partial charge in [0.05, 0.1) is 0 Å². The monoisotopic (exact) mass is 321 g/mol. The number of aryl methyl sites for hydroxylation is 1. The number of anilines is 1.